The van der Waals surface area contributed by atoms with Crippen LogP contribution in [0.2, 0.25) is 0 Å². The Labute approximate surface area is 162 Å². The summed E-state index contributed by atoms with van der Waals surface area (Å²) in [6.07, 6.45) is 4.39. The van der Waals surface area contributed by atoms with Crippen molar-refractivity contribution >= 4 is 10.9 Å². The predicted molar refractivity (Wildman–Crippen MR) is 110 cm³/mol. The van der Waals surface area contributed by atoms with Crippen LogP contribution < -0.4 is 4.74 Å². The van der Waals surface area contributed by atoms with Gasteiger partial charge in [-0.2, -0.15) is 0 Å². The van der Waals surface area contributed by atoms with Crippen LogP contribution >= 0.6 is 0 Å². The second-order valence-corrected chi connectivity index (χ2v) is 6.66. The number of H-pyrrole nitrogens is 1. The number of nitrogens with zero attached hydrogens (tertiary/aromatic N) is 1. The first-order valence-electron chi connectivity index (χ1n) is 9.17. The van der Waals surface area contributed by atoms with Crippen LogP contribution in [0.25, 0.3) is 22.4 Å². The maximum atomic E-state index is 6.04. The summed E-state index contributed by atoms with van der Waals surface area (Å²) in [7, 11) is 0. The van der Waals surface area contributed by atoms with Gasteiger partial charge in [-0.1, -0.05) is 36.4 Å². The van der Waals surface area contributed by atoms with Crippen molar-refractivity contribution in [3.63, 3.8) is 0 Å². The van der Waals surface area contributed by atoms with Gasteiger partial charge >= 0.3 is 0 Å². The zero-order valence-electron chi connectivity index (χ0n) is 15.1. The van der Waals surface area contributed by atoms with Crippen LogP contribution in [0, 0.1) is 0 Å². The molecule has 4 heteroatoms. The van der Waals surface area contributed by atoms with E-state index in [1.54, 1.807) is 6.26 Å². The molecule has 0 saturated heterocycles. The van der Waals surface area contributed by atoms with E-state index in [1.165, 1.54) is 5.56 Å². The molecule has 136 valence electrons. The van der Waals surface area contributed by atoms with Gasteiger partial charge in [0, 0.05) is 29.1 Å². The summed E-state index contributed by atoms with van der Waals surface area (Å²) in [5.74, 6) is 2.13. The number of ether oxygens (including phenoxy) is 1. The highest BCUT2D eigenvalue weighted by Crippen LogP contribution is 2.29. The van der Waals surface area contributed by atoms with Gasteiger partial charge in [0.2, 0.25) is 5.89 Å². The van der Waals surface area contributed by atoms with E-state index in [1.807, 2.05) is 72.9 Å². The Balaban J connectivity index is 1.36. The van der Waals surface area contributed by atoms with Crippen LogP contribution in [-0.4, -0.2) is 9.97 Å². The molecular weight excluding hydrogens is 348 g/mol. The Morgan fingerprint density at radius 1 is 0.857 bits per heavy atom. The fourth-order valence-corrected chi connectivity index (χ4v) is 3.25. The summed E-state index contributed by atoms with van der Waals surface area (Å²) in [5, 5.41) is 1.12. The molecule has 0 unspecified atom stereocenters. The number of benzene rings is 3. The highest BCUT2D eigenvalue weighted by molar-refractivity contribution is 5.80. The Hall–Kier alpha value is -3.79. The summed E-state index contributed by atoms with van der Waals surface area (Å²) in [4.78, 5) is 7.82. The summed E-state index contributed by atoms with van der Waals surface area (Å²) in [5.41, 5.74) is 4.09. The number of fused-ring (bicyclic) bond motifs is 1. The van der Waals surface area contributed by atoms with E-state index in [-0.39, 0.29) is 0 Å². The fraction of sp³-hybridized carbons (Fsp3) is 0.0417. The van der Waals surface area contributed by atoms with Crippen LogP contribution in [0.4, 0.5) is 0 Å². The van der Waals surface area contributed by atoms with Crippen LogP contribution in [0.1, 0.15) is 11.3 Å². The number of aromatic amines is 1. The maximum absolute atomic E-state index is 6.04. The quantitative estimate of drug-likeness (QED) is 0.402. The number of nitrogens with one attached hydrogen (secondary N) is 1. The highest BCUT2D eigenvalue weighted by atomic mass is 16.5. The lowest BCUT2D eigenvalue weighted by Gasteiger charge is -2.07. The van der Waals surface area contributed by atoms with E-state index in [0.717, 1.165) is 40.1 Å². The third-order valence-corrected chi connectivity index (χ3v) is 4.62. The van der Waals surface area contributed by atoms with Gasteiger partial charge in [0.15, 0.2) is 0 Å². The summed E-state index contributed by atoms with van der Waals surface area (Å²) in [6, 6.07) is 26.0. The lowest BCUT2D eigenvalue weighted by atomic mass is 10.1. The molecule has 0 amide bonds. The Kier molecular flexibility index (Phi) is 4.14. The molecule has 0 atom stereocenters. The topological polar surface area (TPSA) is 51.0 Å². The predicted octanol–water partition coefficient (Wildman–Crippen LogP) is 6.21. The van der Waals surface area contributed by atoms with Crippen molar-refractivity contribution in [3.8, 4) is 23.0 Å². The third-order valence-electron chi connectivity index (χ3n) is 4.62. The molecule has 5 rings (SSSR count). The number of aromatic nitrogens is 2. The van der Waals surface area contributed by atoms with Gasteiger partial charge in [-0.3, -0.25) is 0 Å². The summed E-state index contributed by atoms with van der Waals surface area (Å²) >= 11 is 0. The molecule has 3 aromatic carbocycles. The fourth-order valence-electron chi connectivity index (χ4n) is 3.25. The van der Waals surface area contributed by atoms with Gasteiger partial charge in [0.05, 0.1) is 5.69 Å². The summed E-state index contributed by atoms with van der Waals surface area (Å²) < 4.78 is 11.7. The average Bonchev–Trinajstić information content (AvgIpc) is 3.38. The molecule has 0 aliphatic carbocycles. The monoisotopic (exact) mass is 366 g/mol. The molecular formula is C24H18N2O2. The average molecular weight is 366 g/mol. The molecule has 0 saturated carbocycles. The van der Waals surface area contributed by atoms with E-state index in [4.69, 9.17) is 9.15 Å². The lowest BCUT2D eigenvalue weighted by molar-refractivity contribution is 0.483. The SMILES string of the molecule is c1ccc(Cc2coc(-c3cccc(Oc4ccc5[nH]ccc5c4)c3)n2)cc1. The van der Waals surface area contributed by atoms with E-state index in [0.29, 0.717) is 5.89 Å². The minimum atomic E-state index is 0.595. The van der Waals surface area contributed by atoms with Crippen molar-refractivity contribution in [1.29, 1.82) is 0 Å². The van der Waals surface area contributed by atoms with Gasteiger partial charge in [0.1, 0.15) is 17.8 Å². The van der Waals surface area contributed by atoms with E-state index in [2.05, 4.69) is 22.1 Å². The first kappa shape index (κ1) is 16.4. The van der Waals surface area contributed by atoms with Crippen molar-refractivity contribution in [3.05, 3.63) is 103 Å². The zero-order valence-corrected chi connectivity index (χ0v) is 15.1. The largest absolute Gasteiger partial charge is 0.457 e. The van der Waals surface area contributed by atoms with Crippen LogP contribution in [0.3, 0.4) is 0 Å². The van der Waals surface area contributed by atoms with Crippen LogP contribution in [-0.2, 0) is 6.42 Å². The minimum Gasteiger partial charge on any atom is -0.457 e. The van der Waals surface area contributed by atoms with Gasteiger partial charge < -0.3 is 14.1 Å². The molecule has 2 heterocycles. The van der Waals surface area contributed by atoms with Crippen molar-refractivity contribution in [1.82, 2.24) is 9.97 Å². The highest BCUT2D eigenvalue weighted by Gasteiger charge is 2.09. The molecule has 4 nitrogen and oxygen atoms in total. The van der Waals surface area contributed by atoms with Gasteiger partial charge in [0.25, 0.3) is 0 Å². The van der Waals surface area contributed by atoms with Crippen molar-refractivity contribution in [2.75, 3.05) is 0 Å². The van der Waals surface area contributed by atoms with Crippen molar-refractivity contribution in [2.24, 2.45) is 0 Å². The van der Waals surface area contributed by atoms with Crippen LogP contribution in [0.5, 0.6) is 11.5 Å². The molecule has 0 spiro atoms. The lowest BCUT2D eigenvalue weighted by Crippen LogP contribution is -1.88. The molecule has 0 aliphatic heterocycles. The Morgan fingerprint density at radius 2 is 1.75 bits per heavy atom. The number of hydrogen-bond acceptors (Lipinski definition) is 3. The first-order valence-corrected chi connectivity index (χ1v) is 9.17. The van der Waals surface area contributed by atoms with Gasteiger partial charge in [-0.25, -0.2) is 4.98 Å². The second kappa shape index (κ2) is 7.08. The molecule has 0 aliphatic rings. The molecule has 0 bridgehead atoms. The van der Waals surface area contributed by atoms with Crippen molar-refractivity contribution in [2.45, 2.75) is 6.42 Å². The van der Waals surface area contributed by atoms with Crippen LogP contribution in [0.15, 0.2) is 95.7 Å². The second-order valence-electron chi connectivity index (χ2n) is 6.66. The minimum absolute atomic E-state index is 0.595. The number of hydrogen-bond donors (Lipinski definition) is 1. The Bertz CT molecular complexity index is 1220. The normalized spacial score (nSPS) is 11.0. The van der Waals surface area contributed by atoms with Gasteiger partial charge in [-0.05, 0) is 48.0 Å². The molecule has 2 aromatic heterocycles. The number of oxazole rings is 1. The van der Waals surface area contributed by atoms with Gasteiger partial charge in [-0.15, -0.1) is 0 Å². The van der Waals surface area contributed by atoms with E-state index in [9.17, 15) is 0 Å². The first-order chi connectivity index (χ1) is 13.8. The number of rotatable bonds is 5. The maximum Gasteiger partial charge on any atom is 0.226 e. The molecule has 0 fully saturated rings. The van der Waals surface area contributed by atoms with Crippen molar-refractivity contribution < 1.29 is 9.15 Å². The molecule has 5 aromatic rings. The molecule has 1 N–H and O–H groups in total. The zero-order chi connectivity index (χ0) is 18.8. The van der Waals surface area contributed by atoms with E-state index >= 15 is 0 Å². The molecule has 0 radical (unpaired) electrons. The standard InChI is InChI=1S/C24H18N2O2/c1-2-5-17(6-3-1)13-20-16-27-24(26-20)19-7-4-8-21(15-19)28-22-9-10-23-18(14-22)11-12-25-23/h1-12,14-16,25H,13H2. The summed E-state index contributed by atoms with van der Waals surface area (Å²) in [6.45, 7) is 0. The molecule has 28 heavy (non-hydrogen) atoms. The Morgan fingerprint density at radius 3 is 2.68 bits per heavy atom. The smallest absolute Gasteiger partial charge is 0.226 e. The van der Waals surface area contributed by atoms with E-state index < -0.39 is 0 Å². The third kappa shape index (κ3) is 3.40.